The fourth-order valence-corrected chi connectivity index (χ4v) is 2.34. The fourth-order valence-electron chi connectivity index (χ4n) is 2.16. The molecule has 0 aliphatic carbocycles. The Morgan fingerprint density at radius 3 is 2.00 bits per heavy atom. The van der Waals surface area contributed by atoms with Gasteiger partial charge in [0, 0.05) is 6.54 Å². The van der Waals surface area contributed by atoms with E-state index in [-0.39, 0.29) is 0 Å². The van der Waals surface area contributed by atoms with Gasteiger partial charge in [-0.1, -0.05) is 64.7 Å². The van der Waals surface area contributed by atoms with E-state index in [1.165, 1.54) is 64.2 Å². The van der Waals surface area contributed by atoms with Crippen molar-refractivity contribution in [3.8, 4) is 0 Å². The van der Waals surface area contributed by atoms with Crippen molar-refractivity contribution in [2.45, 2.75) is 82.8 Å². The average Bonchev–Trinajstić information content (AvgIpc) is 2.77. The third-order valence-corrected chi connectivity index (χ3v) is 3.62. The summed E-state index contributed by atoms with van der Waals surface area (Å²) in [7, 11) is 0. The van der Waals surface area contributed by atoms with E-state index in [1.807, 2.05) is 4.68 Å². The Hall–Kier alpha value is -0.640. The molecule has 1 aromatic rings. The lowest BCUT2D eigenvalue weighted by Gasteiger charge is -2.03. The highest BCUT2D eigenvalue weighted by Crippen LogP contribution is 2.11. The molecular weight excluding hydrogens is 242 g/mol. The van der Waals surface area contributed by atoms with Gasteiger partial charge in [-0.15, -0.1) is 0 Å². The highest BCUT2D eigenvalue weighted by Gasteiger charge is 1.99. The van der Waals surface area contributed by atoms with E-state index in [9.17, 15) is 0 Å². The van der Waals surface area contributed by atoms with Gasteiger partial charge < -0.3 is 0 Å². The van der Waals surface area contributed by atoms with Crippen LogP contribution in [0.2, 0.25) is 0 Å². The molecule has 103 valence electrons. The number of aryl methyl sites for hydroxylation is 1. The SMILES string of the molecule is CCCCCCCCCCCCn1ncnc1[S]. The number of rotatable bonds is 11. The number of hydrogen-bond acceptors (Lipinski definition) is 2. The topological polar surface area (TPSA) is 30.7 Å². The van der Waals surface area contributed by atoms with Crippen LogP contribution in [0.25, 0.3) is 0 Å². The first-order valence-corrected chi connectivity index (χ1v) is 7.80. The van der Waals surface area contributed by atoms with Crippen molar-refractivity contribution in [1.29, 1.82) is 0 Å². The van der Waals surface area contributed by atoms with Crippen LogP contribution < -0.4 is 0 Å². The van der Waals surface area contributed by atoms with E-state index in [4.69, 9.17) is 12.6 Å². The maximum Gasteiger partial charge on any atom is 0.217 e. The smallest absolute Gasteiger partial charge is 0.217 e. The Morgan fingerprint density at radius 2 is 1.50 bits per heavy atom. The normalized spacial score (nSPS) is 10.9. The highest BCUT2D eigenvalue weighted by molar-refractivity contribution is 7.80. The molecule has 0 fully saturated rings. The van der Waals surface area contributed by atoms with Crippen molar-refractivity contribution >= 4 is 12.6 Å². The molecule has 4 heteroatoms. The predicted molar refractivity (Wildman–Crippen MR) is 77.7 cm³/mol. The number of unbranched alkanes of at least 4 members (excludes halogenated alkanes) is 9. The number of aromatic nitrogens is 3. The van der Waals surface area contributed by atoms with Crippen LogP contribution in [-0.4, -0.2) is 14.8 Å². The molecule has 3 nitrogen and oxygen atoms in total. The van der Waals surface area contributed by atoms with Gasteiger partial charge in [-0.2, -0.15) is 5.10 Å². The van der Waals surface area contributed by atoms with E-state index >= 15 is 0 Å². The fraction of sp³-hybridized carbons (Fsp3) is 0.857. The van der Waals surface area contributed by atoms with Gasteiger partial charge in [0.1, 0.15) is 6.33 Å². The standard InChI is InChI=1S/C14H26N3S/c1-2-3-4-5-6-7-8-9-10-11-12-17-14(18)15-13-16-17/h13H,2-12H2,1H3. The van der Waals surface area contributed by atoms with Gasteiger partial charge in [0.2, 0.25) is 5.16 Å². The van der Waals surface area contributed by atoms with Crippen molar-refractivity contribution in [3.63, 3.8) is 0 Å². The summed E-state index contributed by atoms with van der Waals surface area (Å²) in [5.74, 6) is 0. The average molecular weight is 268 g/mol. The van der Waals surface area contributed by atoms with Crippen molar-refractivity contribution in [3.05, 3.63) is 6.33 Å². The summed E-state index contributed by atoms with van der Waals surface area (Å²) in [6, 6.07) is 0. The minimum Gasteiger partial charge on any atom is -0.237 e. The molecule has 0 saturated heterocycles. The molecule has 1 heterocycles. The van der Waals surface area contributed by atoms with E-state index in [0.717, 1.165) is 6.54 Å². The lowest BCUT2D eigenvalue weighted by atomic mass is 10.1. The van der Waals surface area contributed by atoms with Crippen LogP contribution in [-0.2, 0) is 6.54 Å². The summed E-state index contributed by atoms with van der Waals surface area (Å²) in [5, 5.41) is 4.71. The summed E-state index contributed by atoms with van der Waals surface area (Å²) in [4.78, 5) is 3.95. The van der Waals surface area contributed by atoms with Gasteiger partial charge in [-0.25, -0.2) is 9.67 Å². The molecule has 0 atom stereocenters. The van der Waals surface area contributed by atoms with Crippen LogP contribution in [0.4, 0.5) is 0 Å². The van der Waals surface area contributed by atoms with Crippen molar-refractivity contribution in [2.24, 2.45) is 0 Å². The Labute approximate surface area is 117 Å². The van der Waals surface area contributed by atoms with Gasteiger partial charge in [0.15, 0.2) is 0 Å². The molecule has 0 aliphatic rings. The third kappa shape index (κ3) is 6.94. The second-order valence-corrected chi connectivity index (χ2v) is 5.31. The quantitative estimate of drug-likeness (QED) is 0.542. The maximum atomic E-state index is 5.04. The van der Waals surface area contributed by atoms with E-state index < -0.39 is 0 Å². The van der Waals surface area contributed by atoms with Gasteiger partial charge >= 0.3 is 0 Å². The second kappa shape index (κ2) is 10.3. The van der Waals surface area contributed by atoms with Gasteiger partial charge in [-0.3, -0.25) is 0 Å². The molecule has 0 unspecified atom stereocenters. The predicted octanol–water partition coefficient (Wildman–Crippen LogP) is 4.76. The Morgan fingerprint density at radius 1 is 0.944 bits per heavy atom. The zero-order valence-electron chi connectivity index (χ0n) is 11.6. The molecule has 0 aliphatic heterocycles. The van der Waals surface area contributed by atoms with Crippen LogP contribution in [0.3, 0.4) is 0 Å². The molecule has 0 amide bonds. The van der Waals surface area contributed by atoms with Crippen molar-refractivity contribution in [2.75, 3.05) is 0 Å². The summed E-state index contributed by atoms with van der Waals surface area (Å²) in [6.07, 6.45) is 15.1. The Bertz CT molecular complexity index is 299. The van der Waals surface area contributed by atoms with Gasteiger partial charge in [0.25, 0.3) is 0 Å². The molecular formula is C14H26N3S. The first-order chi connectivity index (χ1) is 8.84. The largest absolute Gasteiger partial charge is 0.237 e. The summed E-state index contributed by atoms with van der Waals surface area (Å²) in [5.41, 5.74) is 0. The molecule has 1 rings (SSSR count). The third-order valence-electron chi connectivity index (χ3n) is 3.30. The molecule has 0 N–H and O–H groups in total. The monoisotopic (exact) mass is 268 g/mol. The summed E-state index contributed by atoms with van der Waals surface area (Å²) >= 11 is 5.04. The molecule has 1 radical (unpaired) electrons. The minimum atomic E-state index is 0.617. The lowest BCUT2D eigenvalue weighted by Crippen LogP contribution is -2.00. The summed E-state index contributed by atoms with van der Waals surface area (Å²) < 4.78 is 1.82. The molecule has 0 saturated carbocycles. The van der Waals surface area contributed by atoms with Crippen LogP contribution in [0, 0.1) is 0 Å². The van der Waals surface area contributed by atoms with Crippen LogP contribution in [0.1, 0.15) is 71.1 Å². The maximum absolute atomic E-state index is 5.04. The number of nitrogens with zero attached hydrogens (tertiary/aromatic N) is 3. The summed E-state index contributed by atoms with van der Waals surface area (Å²) in [6.45, 7) is 3.19. The first kappa shape index (κ1) is 15.4. The van der Waals surface area contributed by atoms with E-state index in [0.29, 0.717) is 5.16 Å². The first-order valence-electron chi connectivity index (χ1n) is 7.39. The van der Waals surface area contributed by atoms with Crippen molar-refractivity contribution in [1.82, 2.24) is 14.8 Å². The zero-order chi connectivity index (χ0) is 13.1. The van der Waals surface area contributed by atoms with E-state index in [1.54, 1.807) is 6.33 Å². The van der Waals surface area contributed by atoms with Crippen molar-refractivity contribution < 1.29 is 0 Å². The highest BCUT2D eigenvalue weighted by atomic mass is 32.1. The van der Waals surface area contributed by atoms with Gasteiger partial charge in [0.05, 0.1) is 0 Å². The molecule has 0 aromatic carbocycles. The molecule has 1 aromatic heterocycles. The van der Waals surface area contributed by atoms with Gasteiger partial charge in [-0.05, 0) is 19.0 Å². The van der Waals surface area contributed by atoms with Crippen LogP contribution in [0.5, 0.6) is 0 Å². The molecule has 0 bridgehead atoms. The zero-order valence-corrected chi connectivity index (χ0v) is 12.4. The van der Waals surface area contributed by atoms with E-state index in [2.05, 4.69) is 17.0 Å². The molecule has 0 spiro atoms. The van der Waals surface area contributed by atoms with Crippen LogP contribution >= 0.6 is 12.6 Å². The Balaban J connectivity index is 1.83. The second-order valence-electron chi connectivity index (χ2n) is 4.95. The van der Waals surface area contributed by atoms with Crippen LogP contribution in [0.15, 0.2) is 11.5 Å². The number of hydrogen-bond donors (Lipinski definition) is 0. The minimum absolute atomic E-state index is 0.617. The lowest BCUT2D eigenvalue weighted by molar-refractivity contribution is 0.493. The Kier molecular flexibility index (Phi) is 8.82. The molecule has 18 heavy (non-hydrogen) atoms.